The zero-order valence-corrected chi connectivity index (χ0v) is 10.7. The summed E-state index contributed by atoms with van der Waals surface area (Å²) < 4.78 is 0. The average molecular weight is 239 g/mol. The van der Waals surface area contributed by atoms with Gasteiger partial charge in [-0.15, -0.1) is 0 Å². The van der Waals surface area contributed by atoms with Gasteiger partial charge in [0.1, 0.15) is 0 Å². The van der Waals surface area contributed by atoms with E-state index >= 15 is 0 Å². The average Bonchev–Trinajstić information content (AvgIpc) is 2.58. The molecule has 0 saturated heterocycles. The molecular formula is C13H19ClN2. The normalized spacial score (nSPS) is 19.3. The quantitative estimate of drug-likeness (QED) is 0.877. The van der Waals surface area contributed by atoms with Crippen LogP contribution in [0, 0.1) is 0 Å². The Kier molecular flexibility index (Phi) is 3.41. The molecule has 1 atom stereocenters. The van der Waals surface area contributed by atoms with E-state index in [2.05, 4.69) is 30.9 Å². The first-order chi connectivity index (χ1) is 7.63. The van der Waals surface area contributed by atoms with Crippen LogP contribution in [-0.2, 0) is 0 Å². The fourth-order valence-corrected chi connectivity index (χ4v) is 2.67. The first-order valence-corrected chi connectivity index (χ1v) is 6.27. The van der Waals surface area contributed by atoms with E-state index in [-0.39, 0.29) is 0 Å². The van der Waals surface area contributed by atoms with E-state index in [0.29, 0.717) is 12.0 Å². The van der Waals surface area contributed by atoms with Crippen molar-refractivity contribution in [2.45, 2.75) is 32.2 Å². The van der Waals surface area contributed by atoms with Crippen molar-refractivity contribution in [1.29, 1.82) is 0 Å². The molecule has 1 aromatic rings. The van der Waals surface area contributed by atoms with Crippen molar-refractivity contribution >= 4 is 17.3 Å². The van der Waals surface area contributed by atoms with Crippen LogP contribution < -0.4 is 10.6 Å². The smallest absolute Gasteiger partial charge is 0.0410 e. The van der Waals surface area contributed by atoms with Crippen LogP contribution in [0.2, 0.25) is 5.02 Å². The lowest BCUT2D eigenvalue weighted by atomic mass is 9.98. The Labute approximate surface area is 102 Å². The van der Waals surface area contributed by atoms with E-state index in [1.165, 1.54) is 11.3 Å². The van der Waals surface area contributed by atoms with Gasteiger partial charge in [0.2, 0.25) is 0 Å². The minimum absolute atomic E-state index is 0.530. The van der Waals surface area contributed by atoms with E-state index in [0.717, 1.165) is 24.5 Å². The number of hydrogen-bond donors (Lipinski definition) is 1. The summed E-state index contributed by atoms with van der Waals surface area (Å²) in [4.78, 5) is 2.44. The summed E-state index contributed by atoms with van der Waals surface area (Å²) in [6.07, 6.45) is 1.04. The van der Waals surface area contributed by atoms with Gasteiger partial charge in [-0.3, -0.25) is 0 Å². The lowest BCUT2D eigenvalue weighted by molar-refractivity contribution is 0.613. The molecule has 88 valence electrons. The molecule has 0 aliphatic carbocycles. The molecule has 0 saturated carbocycles. The number of nitrogens with two attached hydrogens (primary N) is 1. The monoisotopic (exact) mass is 238 g/mol. The van der Waals surface area contributed by atoms with Crippen molar-refractivity contribution in [1.82, 2.24) is 0 Å². The maximum absolute atomic E-state index is 6.07. The zero-order chi connectivity index (χ0) is 11.7. The topological polar surface area (TPSA) is 29.3 Å². The lowest BCUT2D eigenvalue weighted by Crippen LogP contribution is -2.29. The van der Waals surface area contributed by atoms with Gasteiger partial charge < -0.3 is 10.6 Å². The molecule has 0 fully saturated rings. The van der Waals surface area contributed by atoms with E-state index in [1.807, 2.05) is 6.07 Å². The molecule has 0 amide bonds. The minimum Gasteiger partial charge on any atom is -0.368 e. The second-order valence-corrected chi connectivity index (χ2v) is 5.16. The van der Waals surface area contributed by atoms with Crippen LogP contribution in [0.3, 0.4) is 0 Å². The third kappa shape index (κ3) is 2.04. The fourth-order valence-electron chi connectivity index (χ4n) is 2.49. The van der Waals surface area contributed by atoms with Crippen LogP contribution in [0.25, 0.3) is 0 Å². The van der Waals surface area contributed by atoms with Crippen LogP contribution >= 0.6 is 11.6 Å². The predicted octanol–water partition coefficient (Wildman–Crippen LogP) is 3.00. The Morgan fingerprint density at radius 1 is 1.50 bits per heavy atom. The standard InChI is InChI=1S/C13H19ClN2/c1-9(2)16-8-10(5-6-15)12-7-11(14)3-4-13(12)16/h3-4,7,9-10H,5-6,8,15H2,1-2H3. The van der Waals surface area contributed by atoms with Crippen LogP contribution in [0.4, 0.5) is 5.69 Å². The lowest BCUT2D eigenvalue weighted by Gasteiger charge is -2.24. The molecule has 16 heavy (non-hydrogen) atoms. The van der Waals surface area contributed by atoms with Crippen molar-refractivity contribution in [2.75, 3.05) is 18.0 Å². The summed E-state index contributed by atoms with van der Waals surface area (Å²) in [5.41, 5.74) is 8.37. The van der Waals surface area contributed by atoms with Crippen LogP contribution in [0.15, 0.2) is 18.2 Å². The number of rotatable bonds is 3. The highest BCUT2D eigenvalue weighted by Crippen LogP contribution is 2.40. The molecule has 0 bridgehead atoms. The first-order valence-electron chi connectivity index (χ1n) is 5.89. The van der Waals surface area contributed by atoms with E-state index < -0.39 is 0 Å². The highest BCUT2D eigenvalue weighted by molar-refractivity contribution is 6.30. The maximum atomic E-state index is 6.07. The molecule has 1 heterocycles. The van der Waals surface area contributed by atoms with Crippen molar-refractivity contribution in [3.63, 3.8) is 0 Å². The molecule has 0 aromatic heterocycles. The molecule has 2 N–H and O–H groups in total. The molecule has 0 radical (unpaired) electrons. The zero-order valence-electron chi connectivity index (χ0n) is 9.91. The Balaban J connectivity index is 2.36. The van der Waals surface area contributed by atoms with Gasteiger partial charge in [-0.05, 0) is 50.6 Å². The Hall–Kier alpha value is -0.730. The van der Waals surface area contributed by atoms with E-state index in [1.54, 1.807) is 0 Å². The van der Waals surface area contributed by atoms with Gasteiger partial charge in [0.25, 0.3) is 0 Å². The highest BCUT2D eigenvalue weighted by atomic mass is 35.5. The van der Waals surface area contributed by atoms with Gasteiger partial charge in [0, 0.05) is 29.2 Å². The van der Waals surface area contributed by atoms with Crippen molar-refractivity contribution in [3.8, 4) is 0 Å². The number of nitrogens with zero attached hydrogens (tertiary/aromatic N) is 1. The van der Waals surface area contributed by atoms with Crippen LogP contribution in [-0.4, -0.2) is 19.1 Å². The molecule has 1 aromatic carbocycles. The third-order valence-electron chi connectivity index (χ3n) is 3.29. The molecule has 1 unspecified atom stereocenters. The molecule has 1 aliphatic rings. The summed E-state index contributed by atoms with van der Waals surface area (Å²) in [5.74, 6) is 0.543. The van der Waals surface area contributed by atoms with Crippen molar-refractivity contribution in [3.05, 3.63) is 28.8 Å². The number of fused-ring (bicyclic) bond motifs is 1. The maximum Gasteiger partial charge on any atom is 0.0410 e. The van der Waals surface area contributed by atoms with Gasteiger partial charge in [-0.1, -0.05) is 11.6 Å². The molecule has 2 nitrogen and oxygen atoms in total. The van der Waals surface area contributed by atoms with Gasteiger partial charge >= 0.3 is 0 Å². The SMILES string of the molecule is CC(C)N1CC(CCN)c2cc(Cl)ccc21. The van der Waals surface area contributed by atoms with Gasteiger partial charge in [-0.2, -0.15) is 0 Å². The molecular weight excluding hydrogens is 220 g/mol. The minimum atomic E-state index is 0.530. The largest absolute Gasteiger partial charge is 0.368 e. The van der Waals surface area contributed by atoms with Crippen molar-refractivity contribution in [2.24, 2.45) is 5.73 Å². The summed E-state index contributed by atoms with van der Waals surface area (Å²) in [6, 6.07) is 6.73. The number of halogens is 1. The number of benzene rings is 1. The number of hydrogen-bond acceptors (Lipinski definition) is 2. The molecule has 2 rings (SSSR count). The second kappa shape index (κ2) is 4.64. The Morgan fingerprint density at radius 2 is 2.25 bits per heavy atom. The van der Waals surface area contributed by atoms with Gasteiger partial charge in [-0.25, -0.2) is 0 Å². The summed E-state index contributed by atoms with van der Waals surface area (Å²) in [5, 5.41) is 0.825. The third-order valence-corrected chi connectivity index (χ3v) is 3.53. The molecule has 1 aliphatic heterocycles. The van der Waals surface area contributed by atoms with Gasteiger partial charge in [0.05, 0.1) is 0 Å². The first kappa shape index (κ1) is 11.7. The van der Waals surface area contributed by atoms with Crippen LogP contribution in [0.5, 0.6) is 0 Å². The highest BCUT2D eigenvalue weighted by Gasteiger charge is 2.29. The van der Waals surface area contributed by atoms with E-state index in [4.69, 9.17) is 17.3 Å². The summed E-state index contributed by atoms with van der Waals surface area (Å²) >= 11 is 6.07. The number of anilines is 1. The Bertz CT molecular complexity index is 376. The molecule has 0 spiro atoms. The second-order valence-electron chi connectivity index (χ2n) is 4.72. The summed E-state index contributed by atoms with van der Waals surface area (Å²) in [6.45, 7) is 6.26. The summed E-state index contributed by atoms with van der Waals surface area (Å²) in [7, 11) is 0. The van der Waals surface area contributed by atoms with Crippen molar-refractivity contribution < 1.29 is 0 Å². The van der Waals surface area contributed by atoms with E-state index in [9.17, 15) is 0 Å². The fraction of sp³-hybridized carbons (Fsp3) is 0.538. The van der Waals surface area contributed by atoms with Gasteiger partial charge in [0.15, 0.2) is 0 Å². The van der Waals surface area contributed by atoms with Crippen LogP contribution in [0.1, 0.15) is 31.7 Å². The molecule has 3 heteroatoms. The predicted molar refractivity (Wildman–Crippen MR) is 70.3 cm³/mol. The Morgan fingerprint density at radius 3 is 2.88 bits per heavy atom.